The summed E-state index contributed by atoms with van der Waals surface area (Å²) < 4.78 is 5.64. The van der Waals surface area contributed by atoms with Crippen LogP contribution in [-0.4, -0.2) is 47.2 Å². The molecule has 33 heavy (non-hydrogen) atoms. The number of benzene rings is 2. The number of ether oxygens (including phenoxy) is 1. The second-order valence-electron chi connectivity index (χ2n) is 8.03. The smallest absolute Gasteiger partial charge is 0.414 e. The summed E-state index contributed by atoms with van der Waals surface area (Å²) in [5, 5.41) is 9.29. The molecule has 5 N–H and O–H groups in total. The SMILES string of the molecule is CC(=CN(C(=O)OCC1c2ccccc2-c2ccccc21)[C@@H](CCCCN)C(N)=O)C(=O)O. The van der Waals surface area contributed by atoms with Crippen LogP contribution in [0.25, 0.3) is 11.1 Å². The lowest BCUT2D eigenvalue weighted by molar-refractivity contribution is -0.132. The average Bonchev–Trinajstić information content (AvgIpc) is 3.12. The van der Waals surface area contributed by atoms with Crippen LogP contribution in [0.3, 0.4) is 0 Å². The fourth-order valence-corrected chi connectivity index (χ4v) is 4.10. The molecule has 2 aromatic rings. The van der Waals surface area contributed by atoms with E-state index in [1.165, 1.54) is 6.92 Å². The van der Waals surface area contributed by atoms with E-state index in [0.29, 0.717) is 19.4 Å². The molecule has 0 heterocycles. The van der Waals surface area contributed by atoms with Gasteiger partial charge in [-0.05, 0) is 55.0 Å². The van der Waals surface area contributed by atoms with Gasteiger partial charge in [0.1, 0.15) is 12.6 Å². The summed E-state index contributed by atoms with van der Waals surface area (Å²) in [6.45, 7) is 1.81. The van der Waals surface area contributed by atoms with E-state index in [4.69, 9.17) is 16.2 Å². The Kier molecular flexibility index (Phi) is 7.84. The molecule has 0 aromatic heterocycles. The molecule has 1 aliphatic rings. The van der Waals surface area contributed by atoms with Crippen molar-refractivity contribution in [3.8, 4) is 11.1 Å². The van der Waals surface area contributed by atoms with Crippen molar-refractivity contribution in [2.45, 2.75) is 38.1 Å². The third-order valence-corrected chi connectivity index (χ3v) is 5.81. The highest BCUT2D eigenvalue weighted by Crippen LogP contribution is 2.44. The Morgan fingerprint density at radius 2 is 1.64 bits per heavy atom. The minimum atomic E-state index is -1.21. The molecule has 0 fully saturated rings. The number of rotatable bonds is 10. The third kappa shape index (κ3) is 5.40. The molecule has 2 amide bonds. The van der Waals surface area contributed by atoms with Crippen molar-refractivity contribution in [3.63, 3.8) is 0 Å². The zero-order chi connectivity index (χ0) is 24.0. The maximum Gasteiger partial charge on any atom is 0.414 e. The number of aliphatic carboxylic acids is 1. The van der Waals surface area contributed by atoms with Gasteiger partial charge < -0.3 is 21.3 Å². The first-order valence-corrected chi connectivity index (χ1v) is 10.9. The summed E-state index contributed by atoms with van der Waals surface area (Å²) in [4.78, 5) is 37.6. The van der Waals surface area contributed by atoms with Gasteiger partial charge in [0.2, 0.25) is 5.91 Å². The lowest BCUT2D eigenvalue weighted by Gasteiger charge is -2.27. The standard InChI is InChI=1S/C25H29N3O5/c1-16(24(30)31)14-28(22(23(27)29)12-6-7-13-26)25(32)33-15-21-19-10-4-2-8-17(19)18-9-3-5-11-20(18)21/h2-5,8-11,14,21-22H,6-7,12-13,15,26H2,1H3,(H2,27,29)(H,30,31)/t22-/m0/s1. The number of carboxylic acid groups (broad SMARTS) is 1. The Bertz CT molecular complexity index is 1020. The second kappa shape index (κ2) is 10.8. The van der Waals surface area contributed by atoms with E-state index in [1.807, 2.05) is 48.5 Å². The van der Waals surface area contributed by atoms with Gasteiger partial charge >= 0.3 is 12.1 Å². The molecule has 1 atom stereocenters. The molecule has 0 saturated heterocycles. The lowest BCUT2D eigenvalue weighted by Crippen LogP contribution is -2.46. The van der Waals surface area contributed by atoms with Gasteiger partial charge in [0, 0.05) is 12.1 Å². The van der Waals surface area contributed by atoms with Crippen LogP contribution in [0.5, 0.6) is 0 Å². The molecular formula is C25H29N3O5. The topological polar surface area (TPSA) is 136 Å². The predicted octanol–water partition coefficient (Wildman–Crippen LogP) is 3.21. The molecule has 0 radical (unpaired) electrons. The van der Waals surface area contributed by atoms with Crippen LogP contribution in [0.2, 0.25) is 0 Å². The first-order chi connectivity index (χ1) is 15.8. The minimum absolute atomic E-state index is 0.0393. The maximum atomic E-state index is 13.1. The fraction of sp³-hybridized carbons (Fsp3) is 0.320. The molecular weight excluding hydrogens is 422 g/mol. The van der Waals surface area contributed by atoms with Crippen LogP contribution in [0.4, 0.5) is 4.79 Å². The largest absolute Gasteiger partial charge is 0.478 e. The van der Waals surface area contributed by atoms with E-state index >= 15 is 0 Å². The van der Waals surface area contributed by atoms with Crippen molar-refractivity contribution in [1.82, 2.24) is 4.90 Å². The Balaban J connectivity index is 1.84. The number of nitrogens with zero attached hydrogens (tertiary/aromatic N) is 1. The van der Waals surface area contributed by atoms with E-state index in [0.717, 1.165) is 33.4 Å². The van der Waals surface area contributed by atoms with Gasteiger partial charge in [-0.15, -0.1) is 0 Å². The molecule has 8 heteroatoms. The zero-order valence-corrected chi connectivity index (χ0v) is 18.6. The van der Waals surface area contributed by atoms with Crippen molar-refractivity contribution in [2.24, 2.45) is 11.5 Å². The molecule has 0 aliphatic heterocycles. The second-order valence-corrected chi connectivity index (χ2v) is 8.03. The molecule has 0 bridgehead atoms. The Labute approximate surface area is 192 Å². The Morgan fingerprint density at radius 1 is 1.06 bits per heavy atom. The number of carbonyl (C=O) groups is 3. The summed E-state index contributed by atoms with van der Waals surface area (Å²) in [5.41, 5.74) is 15.2. The number of carbonyl (C=O) groups excluding carboxylic acids is 2. The van der Waals surface area contributed by atoms with Crippen LogP contribution in [0, 0.1) is 0 Å². The van der Waals surface area contributed by atoms with Gasteiger partial charge in [-0.3, -0.25) is 9.69 Å². The number of unbranched alkanes of at least 4 members (excludes halogenated alkanes) is 1. The van der Waals surface area contributed by atoms with Crippen molar-refractivity contribution < 1.29 is 24.2 Å². The van der Waals surface area contributed by atoms with Gasteiger partial charge in [-0.1, -0.05) is 48.5 Å². The molecule has 2 aromatic carbocycles. The molecule has 3 rings (SSSR count). The normalized spacial score (nSPS) is 13.7. The van der Waals surface area contributed by atoms with Crippen molar-refractivity contribution in [3.05, 3.63) is 71.4 Å². The number of hydrogen-bond donors (Lipinski definition) is 3. The van der Waals surface area contributed by atoms with Crippen molar-refractivity contribution >= 4 is 18.0 Å². The number of nitrogens with two attached hydrogens (primary N) is 2. The first kappa shape index (κ1) is 24.0. The van der Waals surface area contributed by atoms with Gasteiger partial charge in [0.15, 0.2) is 0 Å². The molecule has 8 nitrogen and oxygen atoms in total. The number of carboxylic acids is 1. The van der Waals surface area contributed by atoms with E-state index < -0.39 is 24.0 Å². The number of amides is 2. The van der Waals surface area contributed by atoms with E-state index in [9.17, 15) is 19.5 Å². The van der Waals surface area contributed by atoms with Gasteiger partial charge in [-0.25, -0.2) is 9.59 Å². The summed E-state index contributed by atoms with van der Waals surface area (Å²) in [7, 11) is 0. The summed E-state index contributed by atoms with van der Waals surface area (Å²) in [6.07, 6.45) is 1.73. The average molecular weight is 452 g/mol. The molecule has 1 aliphatic carbocycles. The highest BCUT2D eigenvalue weighted by atomic mass is 16.6. The highest BCUT2D eigenvalue weighted by Gasteiger charge is 2.32. The number of primary amides is 1. The maximum absolute atomic E-state index is 13.1. The molecule has 0 unspecified atom stereocenters. The van der Waals surface area contributed by atoms with E-state index in [2.05, 4.69) is 0 Å². The summed E-state index contributed by atoms with van der Waals surface area (Å²) in [5.74, 6) is -2.12. The monoisotopic (exact) mass is 451 g/mol. The Morgan fingerprint density at radius 3 is 2.15 bits per heavy atom. The third-order valence-electron chi connectivity index (χ3n) is 5.81. The van der Waals surface area contributed by atoms with Gasteiger partial charge in [0.25, 0.3) is 0 Å². The number of fused-ring (bicyclic) bond motifs is 3. The van der Waals surface area contributed by atoms with E-state index in [1.54, 1.807) is 0 Å². The zero-order valence-electron chi connectivity index (χ0n) is 18.6. The summed E-state index contributed by atoms with van der Waals surface area (Å²) in [6, 6.07) is 14.8. The van der Waals surface area contributed by atoms with E-state index in [-0.39, 0.29) is 24.5 Å². The minimum Gasteiger partial charge on any atom is -0.478 e. The van der Waals surface area contributed by atoms with Crippen LogP contribution in [-0.2, 0) is 14.3 Å². The highest BCUT2D eigenvalue weighted by molar-refractivity contribution is 5.88. The van der Waals surface area contributed by atoms with Crippen LogP contribution >= 0.6 is 0 Å². The van der Waals surface area contributed by atoms with Gasteiger partial charge in [0.05, 0.1) is 5.57 Å². The molecule has 174 valence electrons. The first-order valence-electron chi connectivity index (χ1n) is 10.9. The van der Waals surface area contributed by atoms with Crippen LogP contribution in [0.15, 0.2) is 60.3 Å². The van der Waals surface area contributed by atoms with Crippen molar-refractivity contribution in [2.75, 3.05) is 13.2 Å². The van der Waals surface area contributed by atoms with Gasteiger partial charge in [-0.2, -0.15) is 0 Å². The summed E-state index contributed by atoms with van der Waals surface area (Å²) >= 11 is 0. The van der Waals surface area contributed by atoms with Crippen LogP contribution in [0.1, 0.15) is 43.2 Å². The predicted molar refractivity (Wildman–Crippen MR) is 124 cm³/mol. The fourth-order valence-electron chi connectivity index (χ4n) is 4.10. The Hall–Kier alpha value is -3.65. The number of hydrogen-bond acceptors (Lipinski definition) is 5. The molecule has 0 spiro atoms. The quantitative estimate of drug-likeness (QED) is 0.375. The van der Waals surface area contributed by atoms with Crippen molar-refractivity contribution in [1.29, 1.82) is 0 Å². The van der Waals surface area contributed by atoms with Crippen LogP contribution < -0.4 is 11.5 Å². The molecule has 0 saturated carbocycles. The lowest BCUT2D eigenvalue weighted by atomic mass is 9.98.